The average molecular weight is 162 g/mol. The van der Waals surface area contributed by atoms with Gasteiger partial charge in [0.25, 0.3) is 0 Å². The molecule has 0 aliphatic heterocycles. The van der Waals surface area contributed by atoms with Gasteiger partial charge in [0.1, 0.15) is 0 Å². The molecule has 0 aromatic rings. The van der Waals surface area contributed by atoms with Crippen LogP contribution in [0, 0.1) is 0 Å². The van der Waals surface area contributed by atoms with Crippen LogP contribution in [0.2, 0.25) is 0 Å². The number of carbonyl (C=O) groups is 1. The van der Waals surface area contributed by atoms with E-state index in [1.54, 1.807) is 0 Å². The summed E-state index contributed by atoms with van der Waals surface area (Å²) in [7, 11) is 3.03. The summed E-state index contributed by atoms with van der Waals surface area (Å²) in [5, 5.41) is 3.60. The summed E-state index contributed by atoms with van der Waals surface area (Å²) in [6, 6.07) is -0.298. The number of nitrogens with zero attached hydrogens (tertiary/aromatic N) is 1. The van der Waals surface area contributed by atoms with Crippen LogP contribution >= 0.6 is 12.2 Å². The molecular weight excluding hydrogens is 152 g/mol. The molecule has 4 N–H and O–H groups in total. The molecule has 0 bridgehead atoms. The molecule has 0 aromatic carbocycles. The van der Waals surface area contributed by atoms with Gasteiger partial charge in [-0.1, -0.05) is 0 Å². The summed E-state index contributed by atoms with van der Waals surface area (Å²) < 4.78 is 0. The minimum absolute atomic E-state index is 0.0612. The molecular formula is C4H10N4OS. The van der Waals surface area contributed by atoms with Crippen molar-refractivity contribution in [1.29, 1.82) is 0 Å². The fourth-order valence-electron chi connectivity index (χ4n) is 0.384. The van der Waals surface area contributed by atoms with Crippen molar-refractivity contribution in [3.8, 4) is 0 Å². The Hall–Kier alpha value is -1.04. The molecule has 58 valence electrons. The lowest BCUT2D eigenvalue weighted by Gasteiger charge is -2.16. The molecule has 0 saturated heterocycles. The fraction of sp³-hybridized carbons (Fsp3) is 0.500. The normalized spacial score (nSPS) is 8.20. The molecule has 0 heterocycles. The number of rotatable bonds is 0. The predicted octanol–water partition coefficient (Wildman–Crippen LogP) is -0.994. The minimum Gasteiger partial charge on any atom is -0.375 e. The fourth-order valence-corrected chi connectivity index (χ4v) is 0.521. The van der Waals surface area contributed by atoms with E-state index in [4.69, 9.17) is 5.73 Å². The third-order valence-corrected chi connectivity index (χ3v) is 0.888. The Morgan fingerprint density at radius 2 is 2.20 bits per heavy atom. The molecule has 0 saturated carbocycles. The van der Waals surface area contributed by atoms with Gasteiger partial charge < -0.3 is 11.1 Å². The van der Waals surface area contributed by atoms with Gasteiger partial charge in [-0.05, 0) is 12.2 Å². The quantitative estimate of drug-likeness (QED) is 0.316. The van der Waals surface area contributed by atoms with E-state index in [2.05, 4.69) is 23.0 Å². The molecule has 0 aliphatic carbocycles. The summed E-state index contributed by atoms with van der Waals surface area (Å²) in [6.45, 7) is 0. The Bertz CT molecular complexity index is 148. The predicted molar refractivity (Wildman–Crippen MR) is 42.1 cm³/mol. The monoisotopic (exact) mass is 162 g/mol. The maximum Gasteiger partial charge on any atom is 0.335 e. The van der Waals surface area contributed by atoms with Gasteiger partial charge in [0.2, 0.25) is 0 Å². The second-order valence-electron chi connectivity index (χ2n) is 1.59. The van der Waals surface area contributed by atoms with E-state index in [9.17, 15) is 4.79 Å². The smallest absolute Gasteiger partial charge is 0.335 e. The molecule has 5 nitrogen and oxygen atoms in total. The van der Waals surface area contributed by atoms with Gasteiger partial charge in [0.15, 0.2) is 5.11 Å². The number of amides is 2. The van der Waals surface area contributed by atoms with Crippen molar-refractivity contribution in [2.75, 3.05) is 14.1 Å². The van der Waals surface area contributed by atoms with Gasteiger partial charge in [-0.3, -0.25) is 5.43 Å². The second-order valence-corrected chi connectivity index (χ2v) is 2.03. The van der Waals surface area contributed by atoms with Crippen molar-refractivity contribution in [2.24, 2.45) is 5.73 Å². The largest absolute Gasteiger partial charge is 0.375 e. The highest BCUT2D eigenvalue weighted by atomic mass is 32.1. The lowest BCUT2D eigenvalue weighted by molar-refractivity contribution is 0.203. The third-order valence-electron chi connectivity index (χ3n) is 0.796. The van der Waals surface area contributed by atoms with E-state index in [1.807, 2.05) is 0 Å². The van der Waals surface area contributed by atoms with Crippen molar-refractivity contribution >= 4 is 23.4 Å². The molecule has 10 heavy (non-hydrogen) atoms. The number of thiocarbonyl (C=S) groups is 1. The number of hydrogen-bond acceptors (Lipinski definition) is 2. The van der Waals surface area contributed by atoms with Gasteiger partial charge >= 0.3 is 6.03 Å². The molecule has 0 aromatic heterocycles. The highest BCUT2D eigenvalue weighted by Gasteiger charge is 2.03. The molecule has 0 unspecified atom stereocenters. The zero-order chi connectivity index (χ0) is 8.15. The standard InChI is InChI=1S/C4H10N4OS/c1-6-4(9)8(2)7-3(5)10/h1-2H3,(H,6,9)(H3,5,7,10). The number of nitrogens with two attached hydrogens (primary N) is 1. The molecule has 0 radical (unpaired) electrons. The van der Waals surface area contributed by atoms with Crippen LogP contribution < -0.4 is 16.5 Å². The maximum absolute atomic E-state index is 10.7. The molecule has 6 heteroatoms. The van der Waals surface area contributed by atoms with E-state index >= 15 is 0 Å². The molecule has 0 fully saturated rings. The van der Waals surface area contributed by atoms with Crippen LogP contribution in [0.1, 0.15) is 0 Å². The molecule has 2 amide bonds. The van der Waals surface area contributed by atoms with Crippen LogP contribution in [-0.2, 0) is 0 Å². The van der Waals surface area contributed by atoms with Crippen molar-refractivity contribution in [3.63, 3.8) is 0 Å². The van der Waals surface area contributed by atoms with Crippen LogP contribution in [0.3, 0.4) is 0 Å². The zero-order valence-electron chi connectivity index (χ0n) is 5.84. The van der Waals surface area contributed by atoms with Gasteiger partial charge in [0.05, 0.1) is 0 Å². The third kappa shape index (κ3) is 3.08. The van der Waals surface area contributed by atoms with Crippen LogP contribution in [0.15, 0.2) is 0 Å². The molecule has 0 rings (SSSR count). The summed E-state index contributed by atoms with van der Waals surface area (Å²) in [5.74, 6) is 0. The van der Waals surface area contributed by atoms with E-state index in [0.29, 0.717) is 0 Å². The van der Waals surface area contributed by atoms with Crippen molar-refractivity contribution in [2.45, 2.75) is 0 Å². The van der Waals surface area contributed by atoms with Crippen LogP contribution in [0.25, 0.3) is 0 Å². The summed E-state index contributed by atoms with van der Waals surface area (Å²) >= 11 is 4.48. The number of nitrogens with one attached hydrogen (secondary N) is 2. The first-order chi connectivity index (χ1) is 4.57. The second kappa shape index (κ2) is 3.89. The lowest BCUT2D eigenvalue weighted by atomic mass is 10.9. The summed E-state index contributed by atoms with van der Waals surface area (Å²) in [4.78, 5) is 10.7. The van der Waals surface area contributed by atoms with Crippen molar-refractivity contribution < 1.29 is 4.79 Å². The highest BCUT2D eigenvalue weighted by Crippen LogP contribution is 1.74. The Morgan fingerprint density at radius 1 is 1.70 bits per heavy atom. The first kappa shape index (κ1) is 8.96. The zero-order valence-corrected chi connectivity index (χ0v) is 6.66. The topological polar surface area (TPSA) is 70.4 Å². The Labute approximate surface area is 64.5 Å². The van der Waals surface area contributed by atoms with Crippen molar-refractivity contribution in [1.82, 2.24) is 15.8 Å². The van der Waals surface area contributed by atoms with E-state index in [1.165, 1.54) is 14.1 Å². The van der Waals surface area contributed by atoms with Gasteiger partial charge in [-0.15, -0.1) is 0 Å². The van der Waals surface area contributed by atoms with Gasteiger partial charge in [0, 0.05) is 14.1 Å². The number of carbonyl (C=O) groups excluding carboxylic acids is 1. The summed E-state index contributed by atoms with van der Waals surface area (Å²) in [5.41, 5.74) is 7.51. The Kier molecular flexibility index (Phi) is 3.48. The molecule has 0 atom stereocenters. The minimum atomic E-state index is -0.298. The molecule has 0 spiro atoms. The van der Waals surface area contributed by atoms with E-state index in [0.717, 1.165) is 5.01 Å². The summed E-state index contributed by atoms with van der Waals surface area (Å²) in [6.07, 6.45) is 0. The van der Waals surface area contributed by atoms with E-state index < -0.39 is 0 Å². The van der Waals surface area contributed by atoms with Gasteiger partial charge in [-0.25, -0.2) is 9.80 Å². The first-order valence-electron chi connectivity index (χ1n) is 2.59. The van der Waals surface area contributed by atoms with Gasteiger partial charge in [-0.2, -0.15) is 0 Å². The van der Waals surface area contributed by atoms with E-state index in [-0.39, 0.29) is 11.1 Å². The number of hydrogen-bond donors (Lipinski definition) is 3. The maximum atomic E-state index is 10.7. The van der Waals surface area contributed by atoms with Crippen LogP contribution in [0.5, 0.6) is 0 Å². The molecule has 0 aliphatic rings. The average Bonchev–Trinajstić information content (AvgIpc) is 1.85. The number of hydrazine groups is 1. The Morgan fingerprint density at radius 3 is 2.50 bits per heavy atom. The van der Waals surface area contributed by atoms with Crippen LogP contribution in [-0.4, -0.2) is 30.2 Å². The first-order valence-corrected chi connectivity index (χ1v) is 3.00. The van der Waals surface area contributed by atoms with Crippen LogP contribution in [0.4, 0.5) is 4.79 Å². The highest BCUT2D eigenvalue weighted by molar-refractivity contribution is 7.80. The Balaban J connectivity index is 3.72. The number of urea groups is 1. The van der Waals surface area contributed by atoms with Crippen molar-refractivity contribution in [3.05, 3.63) is 0 Å². The SMILES string of the molecule is CNC(=O)N(C)NC(N)=S. The lowest BCUT2D eigenvalue weighted by Crippen LogP contribution is -2.49.